The SMILES string of the molecule is Clc1cnc(NCc2nccs2)c(Br)c1. The van der Waals surface area contributed by atoms with E-state index in [9.17, 15) is 0 Å². The van der Waals surface area contributed by atoms with Gasteiger partial charge in [0.2, 0.25) is 0 Å². The van der Waals surface area contributed by atoms with Crippen molar-refractivity contribution < 1.29 is 0 Å². The maximum atomic E-state index is 5.79. The van der Waals surface area contributed by atoms with E-state index >= 15 is 0 Å². The molecular formula is C9H7BrClN3S. The zero-order valence-corrected chi connectivity index (χ0v) is 10.7. The number of rotatable bonds is 3. The quantitative estimate of drug-likeness (QED) is 0.942. The number of aromatic nitrogens is 2. The first kappa shape index (κ1) is 10.9. The molecule has 0 saturated heterocycles. The van der Waals surface area contributed by atoms with Gasteiger partial charge in [-0.05, 0) is 22.0 Å². The molecule has 3 nitrogen and oxygen atoms in total. The van der Waals surface area contributed by atoms with Crippen molar-refractivity contribution in [1.82, 2.24) is 9.97 Å². The number of pyridine rings is 1. The van der Waals surface area contributed by atoms with E-state index in [1.54, 1.807) is 29.8 Å². The highest BCUT2D eigenvalue weighted by molar-refractivity contribution is 9.10. The number of thiazole rings is 1. The molecule has 0 aliphatic carbocycles. The van der Waals surface area contributed by atoms with Gasteiger partial charge in [0.25, 0.3) is 0 Å². The molecule has 0 bridgehead atoms. The zero-order valence-electron chi connectivity index (χ0n) is 7.58. The van der Waals surface area contributed by atoms with E-state index in [0.29, 0.717) is 11.6 Å². The Balaban J connectivity index is 2.05. The molecule has 0 spiro atoms. The van der Waals surface area contributed by atoms with Crippen LogP contribution in [-0.2, 0) is 6.54 Å². The van der Waals surface area contributed by atoms with E-state index in [0.717, 1.165) is 15.3 Å². The molecule has 0 amide bonds. The second-order valence-electron chi connectivity index (χ2n) is 2.76. The Labute approximate surface area is 105 Å². The highest BCUT2D eigenvalue weighted by Crippen LogP contribution is 2.23. The van der Waals surface area contributed by atoms with Gasteiger partial charge in [0, 0.05) is 17.8 Å². The van der Waals surface area contributed by atoms with Crippen molar-refractivity contribution in [3.63, 3.8) is 0 Å². The Kier molecular flexibility index (Phi) is 3.56. The summed E-state index contributed by atoms with van der Waals surface area (Å²) < 4.78 is 0.853. The average Bonchev–Trinajstić information content (AvgIpc) is 2.69. The molecule has 6 heteroatoms. The van der Waals surface area contributed by atoms with Crippen LogP contribution in [0, 0.1) is 0 Å². The molecule has 78 valence electrons. The van der Waals surface area contributed by atoms with E-state index < -0.39 is 0 Å². The van der Waals surface area contributed by atoms with Crippen LogP contribution in [0.25, 0.3) is 0 Å². The first-order chi connectivity index (χ1) is 7.25. The molecule has 0 fully saturated rings. The second-order valence-corrected chi connectivity index (χ2v) is 5.03. The number of halogens is 2. The summed E-state index contributed by atoms with van der Waals surface area (Å²) in [6.45, 7) is 0.672. The number of nitrogens with one attached hydrogen (secondary N) is 1. The molecule has 0 aliphatic heterocycles. The Morgan fingerprint density at radius 2 is 2.33 bits per heavy atom. The third-order valence-corrected chi connectivity index (χ3v) is 3.29. The van der Waals surface area contributed by atoms with Gasteiger partial charge in [-0.2, -0.15) is 0 Å². The van der Waals surface area contributed by atoms with Gasteiger partial charge in [0.1, 0.15) is 10.8 Å². The van der Waals surface area contributed by atoms with E-state index in [1.807, 2.05) is 5.38 Å². The van der Waals surface area contributed by atoms with Crippen LogP contribution in [0.1, 0.15) is 5.01 Å². The fourth-order valence-electron chi connectivity index (χ4n) is 1.04. The maximum Gasteiger partial charge on any atom is 0.140 e. The third kappa shape index (κ3) is 2.90. The lowest BCUT2D eigenvalue weighted by atomic mass is 10.4. The van der Waals surface area contributed by atoms with Gasteiger partial charge in [-0.1, -0.05) is 11.6 Å². The van der Waals surface area contributed by atoms with Crippen molar-refractivity contribution >= 4 is 44.7 Å². The van der Waals surface area contributed by atoms with E-state index in [1.165, 1.54) is 0 Å². The van der Waals surface area contributed by atoms with Crippen LogP contribution >= 0.6 is 38.9 Å². The van der Waals surface area contributed by atoms with Crippen molar-refractivity contribution in [3.05, 3.63) is 38.3 Å². The highest BCUT2D eigenvalue weighted by atomic mass is 79.9. The summed E-state index contributed by atoms with van der Waals surface area (Å²) in [6, 6.07) is 1.80. The van der Waals surface area contributed by atoms with Gasteiger partial charge in [0.05, 0.1) is 16.0 Å². The van der Waals surface area contributed by atoms with E-state index in [2.05, 4.69) is 31.2 Å². The smallest absolute Gasteiger partial charge is 0.140 e. The average molecular weight is 305 g/mol. The number of nitrogens with zero attached hydrogens (tertiary/aromatic N) is 2. The molecule has 0 aliphatic rings. The molecule has 2 rings (SSSR count). The molecule has 0 radical (unpaired) electrons. The Bertz CT molecular complexity index is 447. The predicted octanol–water partition coefficient (Wildman–Crippen LogP) is 3.57. The van der Waals surface area contributed by atoms with Crippen molar-refractivity contribution in [2.45, 2.75) is 6.54 Å². The second kappa shape index (κ2) is 4.92. The van der Waals surface area contributed by atoms with Gasteiger partial charge < -0.3 is 5.32 Å². The van der Waals surface area contributed by atoms with Crippen LogP contribution in [0.5, 0.6) is 0 Å². The van der Waals surface area contributed by atoms with Gasteiger partial charge in [-0.15, -0.1) is 11.3 Å². The van der Waals surface area contributed by atoms with Crippen LogP contribution in [-0.4, -0.2) is 9.97 Å². The van der Waals surface area contributed by atoms with Crippen LogP contribution in [0.4, 0.5) is 5.82 Å². The molecule has 0 atom stereocenters. The van der Waals surface area contributed by atoms with E-state index in [4.69, 9.17) is 11.6 Å². The van der Waals surface area contributed by atoms with Gasteiger partial charge in [-0.25, -0.2) is 9.97 Å². The number of anilines is 1. The van der Waals surface area contributed by atoms with Gasteiger partial charge in [-0.3, -0.25) is 0 Å². The first-order valence-electron chi connectivity index (χ1n) is 4.19. The molecule has 1 N–H and O–H groups in total. The van der Waals surface area contributed by atoms with Crippen molar-refractivity contribution in [2.24, 2.45) is 0 Å². The molecule has 2 aromatic rings. The molecule has 0 saturated carbocycles. The third-order valence-electron chi connectivity index (χ3n) is 1.70. The Morgan fingerprint density at radius 1 is 1.47 bits per heavy atom. The number of hydrogen-bond donors (Lipinski definition) is 1. The fraction of sp³-hybridized carbons (Fsp3) is 0.111. The van der Waals surface area contributed by atoms with Crippen LogP contribution in [0.3, 0.4) is 0 Å². The Morgan fingerprint density at radius 3 is 3.00 bits per heavy atom. The van der Waals surface area contributed by atoms with Crippen LogP contribution in [0.2, 0.25) is 5.02 Å². The highest BCUT2D eigenvalue weighted by Gasteiger charge is 2.02. The summed E-state index contributed by atoms with van der Waals surface area (Å²) in [5, 5.41) is 6.76. The summed E-state index contributed by atoms with van der Waals surface area (Å²) >= 11 is 10.8. The molecule has 0 unspecified atom stereocenters. The lowest BCUT2D eigenvalue weighted by Crippen LogP contribution is -2.01. The maximum absolute atomic E-state index is 5.79. The van der Waals surface area contributed by atoms with Crippen molar-refractivity contribution in [2.75, 3.05) is 5.32 Å². The van der Waals surface area contributed by atoms with Crippen LogP contribution < -0.4 is 5.32 Å². The lowest BCUT2D eigenvalue weighted by Gasteiger charge is -2.05. The molecule has 2 aromatic heterocycles. The minimum Gasteiger partial charge on any atom is -0.363 e. The largest absolute Gasteiger partial charge is 0.363 e. The molecule has 2 heterocycles. The topological polar surface area (TPSA) is 37.8 Å². The lowest BCUT2D eigenvalue weighted by molar-refractivity contribution is 1.07. The fourth-order valence-corrected chi connectivity index (χ4v) is 2.38. The first-order valence-corrected chi connectivity index (χ1v) is 6.24. The summed E-state index contributed by atoms with van der Waals surface area (Å²) in [6.07, 6.45) is 3.39. The normalized spacial score (nSPS) is 10.3. The van der Waals surface area contributed by atoms with Crippen molar-refractivity contribution in [3.8, 4) is 0 Å². The summed E-state index contributed by atoms with van der Waals surface area (Å²) in [5.41, 5.74) is 0. The summed E-state index contributed by atoms with van der Waals surface area (Å²) in [4.78, 5) is 8.33. The molecular weight excluding hydrogens is 298 g/mol. The minimum atomic E-state index is 0.613. The van der Waals surface area contributed by atoms with E-state index in [-0.39, 0.29) is 0 Å². The summed E-state index contributed by atoms with van der Waals surface area (Å²) in [5.74, 6) is 0.773. The minimum absolute atomic E-state index is 0.613. The predicted molar refractivity (Wildman–Crippen MR) is 66.4 cm³/mol. The van der Waals surface area contributed by atoms with Crippen molar-refractivity contribution in [1.29, 1.82) is 0 Å². The van der Waals surface area contributed by atoms with Gasteiger partial charge >= 0.3 is 0 Å². The van der Waals surface area contributed by atoms with Gasteiger partial charge in [0.15, 0.2) is 0 Å². The monoisotopic (exact) mass is 303 g/mol. The number of hydrogen-bond acceptors (Lipinski definition) is 4. The zero-order chi connectivity index (χ0) is 10.7. The standard InChI is InChI=1S/C9H7BrClN3S/c10-7-3-6(11)4-13-9(7)14-5-8-12-1-2-15-8/h1-4H,5H2,(H,13,14). The van der Waals surface area contributed by atoms with Crippen LogP contribution in [0.15, 0.2) is 28.3 Å². The summed E-state index contributed by atoms with van der Waals surface area (Å²) in [7, 11) is 0. The molecule has 15 heavy (non-hydrogen) atoms. The Hall–Kier alpha value is -0.650. The molecule has 0 aromatic carbocycles.